The number of benzene rings is 1. The van der Waals surface area contributed by atoms with Crippen molar-refractivity contribution in [3.8, 4) is 5.75 Å². The van der Waals surface area contributed by atoms with E-state index in [1.165, 1.54) is 12.8 Å². The van der Waals surface area contributed by atoms with Crippen molar-refractivity contribution < 1.29 is 9.84 Å². The topological polar surface area (TPSA) is 41.5 Å². The maximum atomic E-state index is 10.4. The van der Waals surface area contributed by atoms with E-state index in [1.807, 2.05) is 25.1 Å². The van der Waals surface area contributed by atoms with Crippen molar-refractivity contribution in [1.29, 1.82) is 0 Å². The molecule has 100 valence electrons. The minimum Gasteiger partial charge on any atom is -0.494 e. The van der Waals surface area contributed by atoms with E-state index < -0.39 is 6.10 Å². The Labute approximate surface area is 117 Å². The van der Waals surface area contributed by atoms with Crippen molar-refractivity contribution in [2.45, 2.75) is 38.3 Å². The first-order valence-electron chi connectivity index (χ1n) is 6.56. The number of nitrogens with one attached hydrogen (secondary N) is 1. The van der Waals surface area contributed by atoms with Gasteiger partial charge in [0.1, 0.15) is 5.75 Å². The molecular weight excluding hydrogens is 294 g/mol. The molecule has 1 aromatic carbocycles. The molecule has 2 rings (SSSR count). The van der Waals surface area contributed by atoms with Crippen LogP contribution in [0.4, 0.5) is 0 Å². The van der Waals surface area contributed by atoms with E-state index in [-0.39, 0.29) is 6.04 Å². The first kappa shape index (κ1) is 13.8. The standard InChI is InChI=1S/C14H20BrNO2/c1-2-18-10-6-7-11(12(15)9-10)14(17)13-5-3-4-8-16-13/h6-7,9,13-14,16-17H,2-5,8H2,1H3. The molecule has 2 unspecified atom stereocenters. The van der Waals surface area contributed by atoms with Crippen LogP contribution in [0.25, 0.3) is 0 Å². The number of piperidine rings is 1. The van der Waals surface area contributed by atoms with Gasteiger partial charge in [-0.3, -0.25) is 0 Å². The van der Waals surface area contributed by atoms with E-state index in [0.717, 1.165) is 28.8 Å². The first-order chi connectivity index (χ1) is 8.72. The van der Waals surface area contributed by atoms with E-state index in [0.29, 0.717) is 6.61 Å². The molecule has 18 heavy (non-hydrogen) atoms. The molecule has 0 saturated carbocycles. The quantitative estimate of drug-likeness (QED) is 0.897. The molecule has 1 heterocycles. The minimum atomic E-state index is -0.463. The Morgan fingerprint density at radius 1 is 1.50 bits per heavy atom. The van der Waals surface area contributed by atoms with Crippen LogP contribution in [0, 0.1) is 0 Å². The van der Waals surface area contributed by atoms with Crippen LogP contribution in [0.3, 0.4) is 0 Å². The SMILES string of the molecule is CCOc1ccc(C(O)C2CCCCN2)c(Br)c1. The van der Waals surface area contributed by atoms with Crippen LogP contribution in [-0.2, 0) is 0 Å². The number of halogens is 1. The summed E-state index contributed by atoms with van der Waals surface area (Å²) in [6.07, 6.45) is 2.95. The van der Waals surface area contributed by atoms with Crippen molar-refractivity contribution in [2.75, 3.05) is 13.2 Å². The Morgan fingerprint density at radius 2 is 2.33 bits per heavy atom. The molecule has 3 nitrogen and oxygen atoms in total. The van der Waals surface area contributed by atoms with Crippen molar-refractivity contribution in [2.24, 2.45) is 0 Å². The lowest BCUT2D eigenvalue weighted by Crippen LogP contribution is -2.38. The molecule has 1 aliphatic heterocycles. The summed E-state index contributed by atoms with van der Waals surface area (Å²) >= 11 is 3.52. The second-order valence-electron chi connectivity index (χ2n) is 4.62. The highest BCUT2D eigenvalue weighted by atomic mass is 79.9. The zero-order chi connectivity index (χ0) is 13.0. The van der Waals surface area contributed by atoms with E-state index in [9.17, 15) is 5.11 Å². The molecule has 1 saturated heterocycles. The summed E-state index contributed by atoms with van der Waals surface area (Å²) < 4.78 is 6.35. The molecule has 0 bridgehead atoms. The lowest BCUT2D eigenvalue weighted by Gasteiger charge is -2.28. The second kappa shape index (κ2) is 6.55. The van der Waals surface area contributed by atoms with Gasteiger partial charge in [0.2, 0.25) is 0 Å². The fourth-order valence-corrected chi connectivity index (χ4v) is 2.96. The third kappa shape index (κ3) is 3.25. The number of rotatable bonds is 4. The Bertz CT molecular complexity index is 391. The summed E-state index contributed by atoms with van der Waals surface area (Å²) in [5, 5.41) is 13.8. The van der Waals surface area contributed by atoms with Crippen LogP contribution in [0.1, 0.15) is 37.9 Å². The van der Waals surface area contributed by atoms with E-state index in [4.69, 9.17) is 4.74 Å². The Balaban J connectivity index is 2.11. The Morgan fingerprint density at radius 3 is 2.94 bits per heavy atom. The average Bonchev–Trinajstić information content (AvgIpc) is 2.40. The Hall–Kier alpha value is -0.580. The highest BCUT2D eigenvalue weighted by Gasteiger charge is 2.24. The smallest absolute Gasteiger partial charge is 0.120 e. The monoisotopic (exact) mass is 313 g/mol. The van der Waals surface area contributed by atoms with Crippen LogP contribution in [0.2, 0.25) is 0 Å². The van der Waals surface area contributed by atoms with Crippen molar-refractivity contribution >= 4 is 15.9 Å². The van der Waals surface area contributed by atoms with Crippen molar-refractivity contribution in [3.63, 3.8) is 0 Å². The van der Waals surface area contributed by atoms with Gasteiger partial charge >= 0.3 is 0 Å². The van der Waals surface area contributed by atoms with Crippen molar-refractivity contribution in [3.05, 3.63) is 28.2 Å². The molecule has 0 spiro atoms. The van der Waals surface area contributed by atoms with Crippen LogP contribution < -0.4 is 10.1 Å². The minimum absolute atomic E-state index is 0.160. The highest BCUT2D eigenvalue weighted by Crippen LogP contribution is 2.31. The summed E-state index contributed by atoms with van der Waals surface area (Å²) in [5.41, 5.74) is 0.929. The first-order valence-corrected chi connectivity index (χ1v) is 7.35. The number of ether oxygens (including phenoxy) is 1. The molecule has 2 N–H and O–H groups in total. The fourth-order valence-electron chi connectivity index (χ4n) is 2.37. The molecule has 4 heteroatoms. The molecule has 0 radical (unpaired) electrons. The number of aliphatic hydroxyl groups is 1. The molecule has 1 aromatic rings. The molecule has 0 amide bonds. The number of aliphatic hydroxyl groups excluding tert-OH is 1. The van der Waals surface area contributed by atoms with Gasteiger partial charge in [-0.2, -0.15) is 0 Å². The van der Waals surface area contributed by atoms with Gasteiger partial charge < -0.3 is 15.2 Å². The third-order valence-corrected chi connectivity index (χ3v) is 4.02. The summed E-state index contributed by atoms with van der Waals surface area (Å²) in [5.74, 6) is 0.830. The maximum Gasteiger partial charge on any atom is 0.120 e. The van der Waals surface area contributed by atoms with Gasteiger partial charge in [-0.05, 0) is 44.0 Å². The second-order valence-corrected chi connectivity index (χ2v) is 5.47. The number of hydrogen-bond donors (Lipinski definition) is 2. The summed E-state index contributed by atoms with van der Waals surface area (Å²) in [6, 6.07) is 5.93. The van der Waals surface area contributed by atoms with Gasteiger partial charge in [-0.25, -0.2) is 0 Å². The lowest BCUT2D eigenvalue weighted by atomic mass is 9.95. The van der Waals surface area contributed by atoms with Gasteiger partial charge in [0.05, 0.1) is 12.7 Å². The molecular formula is C14H20BrNO2. The van der Waals surface area contributed by atoms with Gasteiger partial charge in [0, 0.05) is 10.5 Å². The van der Waals surface area contributed by atoms with Crippen molar-refractivity contribution in [1.82, 2.24) is 5.32 Å². The van der Waals surface area contributed by atoms with Gasteiger partial charge in [-0.1, -0.05) is 28.4 Å². The van der Waals surface area contributed by atoms with Crippen LogP contribution >= 0.6 is 15.9 Å². The lowest BCUT2D eigenvalue weighted by molar-refractivity contribution is 0.113. The molecule has 0 aliphatic carbocycles. The summed E-state index contributed by atoms with van der Waals surface area (Å²) in [7, 11) is 0. The molecule has 1 fully saturated rings. The predicted molar refractivity (Wildman–Crippen MR) is 75.9 cm³/mol. The number of hydrogen-bond acceptors (Lipinski definition) is 3. The van der Waals surface area contributed by atoms with E-state index >= 15 is 0 Å². The van der Waals surface area contributed by atoms with Gasteiger partial charge in [0.15, 0.2) is 0 Å². The summed E-state index contributed by atoms with van der Waals surface area (Å²) in [6.45, 7) is 3.61. The van der Waals surface area contributed by atoms with Crippen LogP contribution in [-0.4, -0.2) is 24.3 Å². The van der Waals surface area contributed by atoms with Gasteiger partial charge in [0.25, 0.3) is 0 Å². The average molecular weight is 314 g/mol. The predicted octanol–water partition coefficient (Wildman–Crippen LogP) is 3.02. The largest absolute Gasteiger partial charge is 0.494 e. The highest BCUT2D eigenvalue weighted by molar-refractivity contribution is 9.10. The van der Waals surface area contributed by atoms with Crippen LogP contribution in [0.15, 0.2) is 22.7 Å². The molecule has 1 aliphatic rings. The maximum absolute atomic E-state index is 10.4. The summed E-state index contributed by atoms with van der Waals surface area (Å²) in [4.78, 5) is 0. The zero-order valence-electron chi connectivity index (χ0n) is 10.7. The van der Waals surface area contributed by atoms with Gasteiger partial charge in [-0.15, -0.1) is 0 Å². The zero-order valence-corrected chi connectivity index (χ0v) is 12.2. The Kier molecular flexibility index (Phi) is 5.03. The molecule has 0 aromatic heterocycles. The van der Waals surface area contributed by atoms with Crippen LogP contribution in [0.5, 0.6) is 5.75 Å². The normalized spacial score (nSPS) is 21.6. The molecule has 2 atom stereocenters. The van der Waals surface area contributed by atoms with E-state index in [2.05, 4.69) is 21.2 Å². The fraction of sp³-hybridized carbons (Fsp3) is 0.571. The van der Waals surface area contributed by atoms with E-state index in [1.54, 1.807) is 0 Å². The third-order valence-electron chi connectivity index (χ3n) is 3.33.